The molecule has 2 fully saturated rings. The zero-order valence-corrected chi connectivity index (χ0v) is 23.7. The summed E-state index contributed by atoms with van der Waals surface area (Å²) >= 11 is 7.24. The number of anilines is 1. The van der Waals surface area contributed by atoms with Gasteiger partial charge in [0.2, 0.25) is 0 Å². The van der Waals surface area contributed by atoms with Crippen molar-refractivity contribution in [3.63, 3.8) is 0 Å². The Labute approximate surface area is 230 Å². The van der Waals surface area contributed by atoms with E-state index in [1.807, 2.05) is 0 Å². The maximum Gasteiger partial charge on any atom is 0.0845 e. The fourth-order valence-electron chi connectivity index (χ4n) is 5.87. The van der Waals surface area contributed by atoms with Gasteiger partial charge in [0.1, 0.15) is 0 Å². The Morgan fingerprint density at radius 3 is 1.94 bits per heavy atom. The molecule has 1 aromatic heterocycles. The molecule has 4 aromatic rings. The zero-order valence-electron chi connectivity index (χ0n) is 20.5. The Balaban J connectivity index is 1.08. The molecule has 0 amide bonds. The first-order valence-corrected chi connectivity index (χ1v) is 14.7. The smallest absolute Gasteiger partial charge is 0.0845 e. The molecule has 1 unspecified atom stereocenters. The lowest BCUT2D eigenvalue weighted by Crippen LogP contribution is -2.49. The lowest BCUT2D eigenvalue weighted by atomic mass is 9.81. The normalized spacial score (nSPS) is 18.1. The second kappa shape index (κ2) is 10.5. The topological polar surface area (TPSA) is 31.6 Å². The predicted octanol–water partition coefficient (Wildman–Crippen LogP) is 6.85. The van der Waals surface area contributed by atoms with Crippen LogP contribution in [0.5, 0.6) is 0 Å². The maximum atomic E-state index is 11.1. The highest BCUT2D eigenvalue weighted by atomic mass is 79.9. The van der Waals surface area contributed by atoms with Crippen molar-refractivity contribution in [2.75, 3.05) is 37.6 Å². The Bertz CT molecular complexity index is 1300. The van der Waals surface area contributed by atoms with Gasteiger partial charge in [-0.25, -0.2) is 0 Å². The number of nitrogens with zero attached hydrogens (tertiary/aromatic N) is 3. The van der Waals surface area contributed by atoms with Crippen molar-refractivity contribution in [2.45, 2.75) is 38.3 Å². The number of hydrogen-bond acceptors (Lipinski definition) is 3. The summed E-state index contributed by atoms with van der Waals surface area (Å²) in [6.07, 6.45) is 5.04. The fourth-order valence-corrected chi connectivity index (χ4v) is 6.60. The zero-order chi connectivity index (χ0) is 24.6. The first-order valence-electron chi connectivity index (χ1n) is 13.1. The van der Waals surface area contributed by atoms with Crippen molar-refractivity contribution < 1.29 is 5.11 Å². The van der Waals surface area contributed by atoms with Gasteiger partial charge in [-0.1, -0.05) is 63.3 Å². The minimum atomic E-state index is -0.423. The number of hydrogen-bond donors (Lipinski definition) is 1. The van der Waals surface area contributed by atoms with Gasteiger partial charge >= 0.3 is 0 Å². The van der Waals surface area contributed by atoms with Crippen LogP contribution in [0.3, 0.4) is 0 Å². The van der Waals surface area contributed by atoms with Crippen LogP contribution in [0, 0.1) is 5.92 Å². The third-order valence-electron chi connectivity index (χ3n) is 8.07. The molecule has 2 heterocycles. The third kappa shape index (κ3) is 5.10. The highest BCUT2D eigenvalue weighted by molar-refractivity contribution is 9.10. The molecule has 0 bridgehead atoms. The number of β-amino-alcohol motifs (C(OH)–C–C–N with tert-alkyl or cyclic N) is 1. The Hall–Kier alpha value is -1.86. The van der Waals surface area contributed by atoms with Gasteiger partial charge in [0.05, 0.1) is 12.6 Å². The summed E-state index contributed by atoms with van der Waals surface area (Å²) in [5.74, 6) is 0.914. The Morgan fingerprint density at radius 2 is 1.39 bits per heavy atom. The second-order valence-electron chi connectivity index (χ2n) is 10.5. The van der Waals surface area contributed by atoms with Crippen molar-refractivity contribution in [2.24, 2.45) is 5.92 Å². The Morgan fingerprint density at radius 1 is 0.778 bits per heavy atom. The monoisotopic (exact) mass is 609 g/mol. The van der Waals surface area contributed by atoms with Gasteiger partial charge in [-0.15, -0.1) is 0 Å². The first-order chi connectivity index (χ1) is 17.5. The van der Waals surface area contributed by atoms with E-state index in [9.17, 15) is 5.11 Å². The number of aliphatic hydroxyl groups is 1. The summed E-state index contributed by atoms with van der Waals surface area (Å²) in [5.41, 5.74) is 5.14. The van der Waals surface area contributed by atoms with E-state index in [0.29, 0.717) is 13.1 Å². The van der Waals surface area contributed by atoms with Crippen LogP contribution in [0.1, 0.15) is 24.8 Å². The molecule has 1 atom stereocenters. The van der Waals surface area contributed by atoms with Crippen LogP contribution in [-0.4, -0.2) is 53.4 Å². The molecule has 36 heavy (non-hydrogen) atoms. The largest absolute Gasteiger partial charge is 0.390 e. The van der Waals surface area contributed by atoms with Crippen molar-refractivity contribution in [3.05, 3.63) is 75.2 Å². The third-order valence-corrected chi connectivity index (χ3v) is 9.06. The molecular weight excluding hydrogens is 578 g/mol. The van der Waals surface area contributed by atoms with E-state index in [1.165, 1.54) is 47.7 Å². The quantitative estimate of drug-likeness (QED) is 0.248. The van der Waals surface area contributed by atoms with Crippen LogP contribution in [0.2, 0.25) is 0 Å². The summed E-state index contributed by atoms with van der Waals surface area (Å²) in [6, 6.07) is 22.1. The molecule has 6 heteroatoms. The molecule has 6 rings (SSSR count). The van der Waals surface area contributed by atoms with Crippen LogP contribution >= 0.6 is 31.9 Å². The molecule has 1 aliphatic heterocycles. The summed E-state index contributed by atoms with van der Waals surface area (Å²) in [5, 5.41) is 13.5. The van der Waals surface area contributed by atoms with Gasteiger partial charge in [-0.2, -0.15) is 0 Å². The molecular formula is C30H33Br2N3O. The number of fused-ring (bicyclic) bond motifs is 3. The number of rotatable bonds is 7. The van der Waals surface area contributed by atoms with E-state index in [2.05, 4.69) is 107 Å². The number of halogens is 2. The van der Waals surface area contributed by atoms with E-state index < -0.39 is 6.10 Å². The molecule has 1 aliphatic carbocycles. The standard InChI is InChI=1S/C30H33Br2N3O/c31-23-6-10-29-27(17-23)28-18-24(32)7-11-30(28)35(29)20-26(36)19-33-12-14-34(15-13-33)25-8-4-22(5-9-25)16-21-2-1-3-21/h4-11,17-18,21,26,36H,1-3,12-16,19-20H2. The number of aliphatic hydroxyl groups excluding tert-OH is 1. The average molecular weight is 611 g/mol. The van der Waals surface area contributed by atoms with E-state index in [0.717, 1.165) is 52.1 Å². The lowest BCUT2D eigenvalue weighted by molar-refractivity contribution is 0.0969. The van der Waals surface area contributed by atoms with Crippen LogP contribution in [0.15, 0.2) is 69.6 Å². The number of piperazine rings is 1. The molecule has 1 saturated carbocycles. The van der Waals surface area contributed by atoms with E-state index in [1.54, 1.807) is 0 Å². The van der Waals surface area contributed by atoms with Gasteiger partial charge in [-0.3, -0.25) is 4.90 Å². The molecule has 0 spiro atoms. The van der Waals surface area contributed by atoms with Crippen LogP contribution in [0.25, 0.3) is 21.8 Å². The minimum Gasteiger partial charge on any atom is -0.390 e. The average Bonchev–Trinajstić information content (AvgIpc) is 3.14. The number of benzene rings is 3. The van der Waals surface area contributed by atoms with Crippen molar-refractivity contribution in [3.8, 4) is 0 Å². The Kier molecular flexibility index (Phi) is 7.13. The van der Waals surface area contributed by atoms with Crippen LogP contribution in [0.4, 0.5) is 5.69 Å². The number of aromatic nitrogens is 1. The molecule has 1 saturated heterocycles. The summed E-state index contributed by atoms with van der Waals surface area (Å²) in [7, 11) is 0. The van der Waals surface area contributed by atoms with E-state index >= 15 is 0 Å². The summed E-state index contributed by atoms with van der Waals surface area (Å²) < 4.78 is 4.41. The minimum absolute atomic E-state index is 0.423. The van der Waals surface area contributed by atoms with Gasteiger partial charge in [-0.05, 0) is 66.4 Å². The molecule has 3 aromatic carbocycles. The predicted molar refractivity (Wildman–Crippen MR) is 157 cm³/mol. The van der Waals surface area contributed by atoms with Crippen molar-refractivity contribution in [1.82, 2.24) is 9.47 Å². The highest BCUT2D eigenvalue weighted by Gasteiger charge is 2.22. The van der Waals surface area contributed by atoms with Gasteiger partial charge in [0.15, 0.2) is 0 Å². The SMILES string of the molecule is OC(CN1CCN(c2ccc(CC3CCC3)cc2)CC1)Cn1c2ccc(Br)cc2c2cc(Br)ccc21. The van der Waals surface area contributed by atoms with E-state index in [-0.39, 0.29) is 0 Å². The second-order valence-corrected chi connectivity index (χ2v) is 12.4. The van der Waals surface area contributed by atoms with E-state index in [4.69, 9.17) is 0 Å². The van der Waals surface area contributed by atoms with Crippen molar-refractivity contribution in [1.29, 1.82) is 0 Å². The van der Waals surface area contributed by atoms with Gasteiger partial charge in [0.25, 0.3) is 0 Å². The highest BCUT2D eigenvalue weighted by Crippen LogP contribution is 2.33. The summed E-state index contributed by atoms with van der Waals surface area (Å²) in [6.45, 7) is 5.26. The van der Waals surface area contributed by atoms with Crippen LogP contribution < -0.4 is 4.90 Å². The first kappa shape index (κ1) is 24.5. The fraction of sp³-hybridized carbons (Fsp3) is 0.400. The molecule has 188 valence electrons. The maximum absolute atomic E-state index is 11.1. The lowest BCUT2D eigenvalue weighted by Gasteiger charge is -2.37. The molecule has 1 N–H and O–H groups in total. The molecule has 4 nitrogen and oxygen atoms in total. The van der Waals surface area contributed by atoms with Crippen LogP contribution in [-0.2, 0) is 13.0 Å². The summed E-state index contributed by atoms with van der Waals surface area (Å²) in [4.78, 5) is 4.89. The molecule has 2 aliphatic rings. The van der Waals surface area contributed by atoms with Gasteiger partial charge < -0.3 is 14.6 Å². The van der Waals surface area contributed by atoms with Gasteiger partial charge in [0, 0.05) is 69.2 Å². The van der Waals surface area contributed by atoms with Crippen molar-refractivity contribution >= 4 is 59.4 Å². The molecule has 0 radical (unpaired) electrons.